The monoisotopic (exact) mass is 292 g/mol. The van der Waals surface area contributed by atoms with E-state index in [-0.39, 0.29) is 16.2 Å². The molecule has 0 aromatic heterocycles. The normalized spacial score (nSPS) is 10.8. The standard InChI is InChI=1S/C14H12O5S/c1-18-12-6-4-7-13(9-12)20(16,17)19-14-8-3-2-5-11(14)10-15/h2-10H,1H3. The average Bonchev–Trinajstić information content (AvgIpc) is 2.47. The second kappa shape index (κ2) is 5.75. The van der Waals surface area contributed by atoms with Crippen LogP contribution in [0.4, 0.5) is 0 Å². The van der Waals surface area contributed by atoms with Crippen molar-refractivity contribution in [3.8, 4) is 11.5 Å². The minimum atomic E-state index is -4.02. The van der Waals surface area contributed by atoms with Gasteiger partial charge in [-0.3, -0.25) is 4.79 Å². The Morgan fingerprint density at radius 3 is 2.50 bits per heavy atom. The van der Waals surface area contributed by atoms with Crippen LogP contribution in [0.2, 0.25) is 0 Å². The number of rotatable bonds is 5. The number of carbonyl (C=O) groups is 1. The van der Waals surface area contributed by atoms with Gasteiger partial charge < -0.3 is 8.92 Å². The van der Waals surface area contributed by atoms with Gasteiger partial charge in [-0.25, -0.2) is 0 Å². The summed E-state index contributed by atoms with van der Waals surface area (Å²) in [6.07, 6.45) is 0.538. The van der Waals surface area contributed by atoms with Gasteiger partial charge in [-0.15, -0.1) is 0 Å². The van der Waals surface area contributed by atoms with Crippen LogP contribution in [0.3, 0.4) is 0 Å². The van der Waals surface area contributed by atoms with Crippen LogP contribution in [0.5, 0.6) is 11.5 Å². The zero-order valence-corrected chi connectivity index (χ0v) is 11.5. The Balaban J connectivity index is 2.38. The summed E-state index contributed by atoms with van der Waals surface area (Å²) in [6.45, 7) is 0. The largest absolute Gasteiger partial charge is 0.497 e. The molecule has 6 heteroatoms. The molecule has 0 aliphatic carbocycles. The summed E-state index contributed by atoms with van der Waals surface area (Å²) in [5.74, 6) is 0.392. The summed E-state index contributed by atoms with van der Waals surface area (Å²) in [4.78, 5) is 10.8. The molecule has 0 aliphatic rings. The van der Waals surface area contributed by atoms with Gasteiger partial charge in [0.1, 0.15) is 10.6 Å². The van der Waals surface area contributed by atoms with E-state index in [9.17, 15) is 13.2 Å². The number of carbonyl (C=O) groups excluding carboxylic acids is 1. The van der Waals surface area contributed by atoms with Crippen LogP contribution in [0.25, 0.3) is 0 Å². The van der Waals surface area contributed by atoms with E-state index < -0.39 is 10.1 Å². The van der Waals surface area contributed by atoms with Crippen LogP contribution in [0.1, 0.15) is 10.4 Å². The van der Waals surface area contributed by atoms with E-state index in [0.717, 1.165) is 0 Å². The smallest absolute Gasteiger partial charge is 0.339 e. The minimum absolute atomic E-state index is 0.00896. The average molecular weight is 292 g/mol. The first-order valence-electron chi connectivity index (χ1n) is 5.69. The summed E-state index contributed by atoms with van der Waals surface area (Å²) in [5, 5.41) is 0. The van der Waals surface area contributed by atoms with Crippen LogP contribution in [0.15, 0.2) is 53.4 Å². The topological polar surface area (TPSA) is 69.7 Å². The Hall–Kier alpha value is -2.34. The Kier molecular flexibility index (Phi) is 4.05. The van der Waals surface area contributed by atoms with E-state index in [4.69, 9.17) is 8.92 Å². The molecule has 104 valence electrons. The fraction of sp³-hybridized carbons (Fsp3) is 0.0714. The third-order valence-corrected chi connectivity index (χ3v) is 3.81. The SMILES string of the molecule is COc1cccc(S(=O)(=O)Oc2ccccc2C=O)c1. The van der Waals surface area contributed by atoms with Gasteiger partial charge in [-0.1, -0.05) is 18.2 Å². The van der Waals surface area contributed by atoms with Crippen LogP contribution in [0, 0.1) is 0 Å². The molecular formula is C14H12O5S. The third kappa shape index (κ3) is 2.97. The van der Waals surface area contributed by atoms with E-state index >= 15 is 0 Å². The number of methoxy groups -OCH3 is 1. The number of para-hydroxylation sites is 1. The molecule has 0 heterocycles. The van der Waals surface area contributed by atoms with Gasteiger partial charge in [-0.2, -0.15) is 8.42 Å². The molecule has 0 fully saturated rings. The number of hydrogen-bond donors (Lipinski definition) is 0. The minimum Gasteiger partial charge on any atom is -0.497 e. The zero-order valence-electron chi connectivity index (χ0n) is 10.6. The van der Waals surface area contributed by atoms with Gasteiger partial charge in [0.2, 0.25) is 0 Å². The second-order valence-corrected chi connectivity index (χ2v) is 5.42. The number of hydrogen-bond acceptors (Lipinski definition) is 5. The van der Waals surface area contributed by atoms with Crippen molar-refractivity contribution >= 4 is 16.4 Å². The predicted octanol–water partition coefficient (Wildman–Crippen LogP) is 2.28. The molecule has 0 amide bonds. The van der Waals surface area contributed by atoms with Crippen molar-refractivity contribution in [3.05, 3.63) is 54.1 Å². The lowest BCUT2D eigenvalue weighted by Crippen LogP contribution is -2.11. The van der Waals surface area contributed by atoms with Crippen molar-refractivity contribution in [1.82, 2.24) is 0 Å². The molecule has 0 radical (unpaired) electrons. The molecule has 0 aliphatic heterocycles. The fourth-order valence-corrected chi connectivity index (χ4v) is 2.57. The van der Waals surface area contributed by atoms with Gasteiger partial charge in [0.15, 0.2) is 12.0 Å². The highest BCUT2D eigenvalue weighted by Crippen LogP contribution is 2.23. The summed E-state index contributed by atoms with van der Waals surface area (Å²) < 4.78 is 34.3. The van der Waals surface area contributed by atoms with Gasteiger partial charge in [0.25, 0.3) is 0 Å². The first-order valence-corrected chi connectivity index (χ1v) is 7.10. The van der Waals surface area contributed by atoms with Gasteiger partial charge in [0, 0.05) is 6.07 Å². The molecule has 0 N–H and O–H groups in total. The molecule has 0 atom stereocenters. The van der Waals surface area contributed by atoms with Gasteiger partial charge in [-0.05, 0) is 24.3 Å². The maximum absolute atomic E-state index is 12.1. The zero-order chi connectivity index (χ0) is 14.6. The van der Waals surface area contributed by atoms with Crippen molar-refractivity contribution in [2.45, 2.75) is 4.90 Å². The Morgan fingerprint density at radius 2 is 1.80 bits per heavy atom. The molecule has 0 saturated carbocycles. The molecule has 0 unspecified atom stereocenters. The number of benzene rings is 2. The Labute approximate surface area is 116 Å². The fourth-order valence-electron chi connectivity index (χ4n) is 1.58. The van der Waals surface area contributed by atoms with Crippen LogP contribution in [-0.4, -0.2) is 21.8 Å². The Morgan fingerprint density at radius 1 is 1.05 bits per heavy atom. The summed E-state index contributed by atoms with van der Waals surface area (Å²) >= 11 is 0. The predicted molar refractivity (Wildman–Crippen MR) is 72.6 cm³/mol. The lowest BCUT2D eigenvalue weighted by Gasteiger charge is -2.09. The van der Waals surface area contributed by atoms with Crippen molar-refractivity contribution in [1.29, 1.82) is 0 Å². The van der Waals surface area contributed by atoms with Crippen LogP contribution in [-0.2, 0) is 10.1 Å². The van der Waals surface area contributed by atoms with E-state index in [1.807, 2.05) is 0 Å². The number of aldehydes is 1. The van der Waals surface area contributed by atoms with E-state index in [1.165, 1.54) is 31.4 Å². The molecule has 20 heavy (non-hydrogen) atoms. The third-order valence-electron chi connectivity index (χ3n) is 2.58. The highest BCUT2D eigenvalue weighted by atomic mass is 32.2. The quantitative estimate of drug-likeness (QED) is 0.624. The van der Waals surface area contributed by atoms with Crippen LogP contribution < -0.4 is 8.92 Å². The summed E-state index contributed by atoms with van der Waals surface area (Å²) in [5.41, 5.74) is 0.166. The molecule has 0 saturated heterocycles. The lowest BCUT2D eigenvalue weighted by atomic mass is 10.2. The van der Waals surface area contributed by atoms with E-state index in [1.54, 1.807) is 24.3 Å². The summed E-state index contributed by atoms with van der Waals surface area (Å²) in [6, 6.07) is 12.0. The van der Waals surface area contributed by atoms with Crippen molar-refractivity contribution in [2.24, 2.45) is 0 Å². The van der Waals surface area contributed by atoms with E-state index in [2.05, 4.69) is 0 Å². The number of ether oxygens (including phenoxy) is 1. The Bertz CT molecular complexity index is 722. The van der Waals surface area contributed by atoms with Crippen molar-refractivity contribution < 1.29 is 22.1 Å². The van der Waals surface area contributed by atoms with E-state index in [0.29, 0.717) is 12.0 Å². The molecule has 0 spiro atoms. The molecule has 2 aromatic carbocycles. The molecule has 0 bridgehead atoms. The second-order valence-electron chi connectivity index (χ2n) is 3.87. The highest BCUT2D eigenvalue weighted by molar-refractivity contribution is 7.87. The first-order chi connectivity index (χ1) is 9.56. The van der Waals surface area contributed by atoms with Crippen molar-refractivity contribution in [3.63, 3.8) is 0 Å². The summed E-state index contributed by atoms with van der Waals surface area (Å²) in [7, 11) is -2.58. The maximum Gasteiger partial charge on any atom is 0.339 e. The first kappa shape index (κ1) is 14.1. The van der Waals surface area contributed by atoms with Gasteiger partial charge >= 0.3 is 10.1 Å². The molecular weight excluding hydrogens is 280 g/mol. The lowest BCUT2D eigenvalue weighted by molar-refractivity contribution is 0.112. The van der Waals surface area contributed by atoms with Crippen molar-refractivity contribution in [2.75, 3.05) is 7.11 Å². The van der Waals surface area contributed by atoms with Crippen LogP contribution >= 0.6 is 0 Å². The maximum atomic E-state index is 12.1. The highest BCUT2D eigenvalue weighted by Gasteiger charge is 2.18. The van der Waals surface area contributed by atoms with Gasteiger partial charge in [0.05, 0.1) is 12.7 Å². The molecule has 2 aromatic rings. The molecule has 5 nitrogen and oxygen atoms in total. The molecule has 2 rings (SSSR count).